The summed E-state index contributed by atoms with van der Waals surface area (Å²) in [5, 5.41) is 14.9. The Balaban J connectivity index is 1.89. The second-order valence-electron chi connectivity index (χ2n) is 5.51. The third-order valence-electron chi connectivity index (χ3n) is 3.78. The van der Waals surface area contributed by atoms with E-state index in [0.717, 1.165) is 22.4 Å². The molecule has 0 aliphatic carbocycles. The van der Waals surface area contributed by atoms with Gasteiger partial charge in [0.15, 0.2) is 0 Å². The van der Waals surface area contributed by atoms with Crippen molar-refractivity contribution >= 4 is 5.91 Å². The molecule has 0 aliphatic heterocycles. The van der Waals surface area contributed by atoms with Crippen LogP contribution in [0.3, 0.4) is 0 Å². The number of aryl methyl sites for hydroxylation is 1. The minimum Gasteiger partial charge on any atom is -0.497 e. The predicted molar refractivity (Wildman–Crippen MR) is 96.6 cm³/mol. The van der Waals surface area contributed by atoms with E-state index in [-0.39, 0.29) is 5.57 Å². The average Bonchev–Trinajstić information content (AvgIpc) is 2.65. The minimum atomic E-state index is -0.407. The summed E-state index contributed by atoms with van der Waals surface area (Å²) in [6, 6.07) is 17.3. The number of benzene rings is 2. The average molecular weight is 335 g/mol. The summed E-state index contributed by atoms with van der Waals surface area (Å²) < 4.78 is 5.09. The number of hydrogen-bond acceptors (Lipinski definition) is 4. The van der Waals surface area contributed by atoms with Gasteiger partial charge >= 0.3 is 0 Å². The van der Waals surface area contributed by atoms with Crippen LogP contribution in [0.4, 0.5) is 0 Å². The Morgan fingerprint density at radius 3 is 2.52 bits per heavy atom. The number of hydrogen-bond donors (Lipinski definition) is 2. The number of nitriles is 1. The molecule has 0 saturated carbocycles. The minimum absolute atomic E-state index is 0.0436. The first kappa shape index (κ1) is 18.1. The molecule has 2 rings (SSSR count). The van der Waals surface area contributed by atoms with E-state index in [1.54, 1.807) is 7.11 Å². The molecule has 0 radical (unpaired) electrons. The maximum Gasteiger partial charge on any atom is 0.263 e. The molecule has 0 aliphatic rings. The van der Waals surface area contributed by atoms with Crippen LogP contribution in [0, 0.1) is 18.3 Å². The molecule has 0 bridgehead atoms. The molecule has 1 amide bonds. The fourth-order valence-corrected chi connectivity index (χ4v) is 2.24. The molecule has 0 spiro atoms. The van der Waals surface area contributed by atoms with Crippen molar-refractivity contribution in [2.45, 2.75) is 20.0 Å². The van der Waals surface area contributed by atoms with Crippen molar-refractivity contribution in [3.63, 3.8) is 0 Å². The topological polar surface area (TPSA) is 74.1 Å². The third-order valence-corrected chi connectivity index (χ3v) is 3.78. The lowest BCUT2D eigenvalue weighted by Gasteiger charge is -2.07. The SMILES string of the molecule is COc1ccc(CNC(=O)/C(C#N)=C\NCc2ccccc2C)cc1. The van der Waals surface area contributed by atoms with Crippen LogP contribution in [0.25, 0.3) is 0 Å². The first-order chi connectivity index (χ1) is 12.1. The third kappa shape index (κ3) is 5.40. The van der Waals surface area contributed by atoms with Crippen molar-refractivity contribution in [3.05, 3.63) is 77.0 Å². The lowest BCUT2D eigenvalue weighted by atomic mass is 10.1. The van der Waals surface area contributed by atoms with Gasteiger partial charge in [-0.3, -0.25) is 4.79 Å². The Morgan fingerprint density at radius 1 is 1.16 bits per heavy atom. The fraction of sp³-hybridized carbons (Fsp3) is 0.200. The highest BCUT2D eigenvalue weighted by Gasteiger charge is 2.08. The van der Waals surface area contributed by atoms with Crippen LogP contribution in [0.2, 0.25) is 0 Å². The maximum atomic E-state index is 12.1. The Bertz CT molecular complexity index is 789. The molecule has 0 saturated heterocycles. The van der Waals surface area contributed by atoms with Gasteiger partial charge in [0.25, 0.3) is 5.91 Å². The van der Waals surface area contributed by atoms with Crippen LogP contribution < -0.4 is 15.4 Å². The molecular weight excluding hydrogens is 314 g/mol. The second kappa shape index (κ2) is 9.14. The van der Waals surface area contributed by atoms with Gasteiger partial charge in [-0.05, 0) is 35.7 Å². The van der Waals surface area contributed by atoms with E-state index < -0.39 is 5.91 Å². The number of methoxy groups -OCH3 is 1. The van der Waals surface area contributed by atoms with Gasteiger partial charge in [0.2, 0.25) is 0 Å². The summed E-state index contributed by atoms with van der Waals surface area (Å²) in [7, 11) is 1.60. The van der Waals surface area contributed by atoms with E-state index in [1.807, 2.05) is 61.5 Å². The standard InChI is InChI=1S/C20H21N3O2/c1-15-5-3-4-6-17(15)13-22-14-18(11-21)20(24)23-12-16-7-9-19(25-2)10-8-16/h3-10,14,22H,12-13H2,1-2H3,(H,23,24)/b18-14-. The molecule has 0 aromatic heterocycles. The Morgan fingerprint density at radius 2 is 1.88 bits per heavy atom. The van der Waals surface area contributed by atoms with Crippen LogP contribution in [-0.4, -0.2) is 13.0 Å². The summed E-state index contributed by atoms with van der Waals surface area (Å²) >= 11 is 0. The number of ether oxygens (including phenoxy) is 1. The van der Waals surface area contributed by atoms with Crippen LogP contribution >= 0.6 is 0 Å². The van der Waals surface area contributed by atoms with Crippen molar-refractivity contribution in [2.75, 3.05) is 7.11 Å². The number of carbonyl (C=O) groups excluding carboxylic acids is 1. The highest BCUT2D eigenvalue weighted by Crippen LogP contribution is 2.11. The van der Waals surface area contributed by atoms with Crippen LogP contribution in [-0.2, 0) is 17.9 Å². The van der Waals surface area contributed by atoms with Crippen molar-refractivity contribution in [1.29, 1.82) is 5.26 Å². The zero-order chi connectivity index (χ0) is 18.1. The van der Waals surface area contributed by atoms with Crippen LogP contribution in [0.15, 0.2) is 60.3 Å². The van der Waals surface area contributed by atoms with Gasteiger partial charge in [-0.1, -0.05) is 36.4 Å². The van der Waals surface area contributed by atoms with Gasteiger partial charge in [-0.2, -0.15) is 5.26 Å². The monoisotopic (exact) mass is 335 g/mol. The fourth-order valence-electron chi connectivity index (χ4n) is 2.24. The molecule has 0 unspecified atom stereocenters. The number of carbonyl (C=O) groups is 1. The van der Waals surface area contributed by atoms with E-state index in [2.05, 4.69) is 10.6 Å². The molecule has 0 heterocycles. The van der Waals surface area contributed by atoms with E-state index in [9.17, 15) is 10.1 Å². The van der Waals surface area contributed by atoms with Gasteiger partial charge in [0.1, 0.15) is 17.4 Å². The Hall–Kier alpha value is -3.26. The molecule has 0 fully saturated rings. The molecule has 2 aromatic carbocycles. The molecular formula is C20H21N3O2. The van der Waals surface area contributed by atoms with Gasteiger partial charge in [-0.25, -0.2) is 0 Å². The zero-order valence-electron chi connectivity index (χ0n) is 14.4. The number of nitrogens with one attached hydrogen (secondary N) is 2. The summed E-state index contributed by atoms with van der Waals surface area (Å²) in [6.45, 7) is 2.93. The second-order valence-corrected chi connectivity index (χ2v) is 5.51. The summed E-state index contributed by atoms with van der Waals surface area (Å²) in [4.78, 5) is 12.1. The molecule has 128 valence electrons. The van der Waals surface area contributed by atoms with Crippen molar-refractivity contribution in [2.24, 2.45) is 0 Å². The molecule has 25 heavy (non-hydrogen) atoms. The first-order valence-corrected chi connectivity index (χ1v) is 7.93. The number of rotatable bonds is 7. The lowest BCUT2D eigenvalue weighted by Crippen LogP contribution is -2.25. The normalized spacial score (nSPS) is 10.7. The Labute approximate surface area is 147 Å². The zero-order valence-corrected chi connectivity index (χ0v) is 14.4. The van der Waals surface area contributed by atoms with Crippen molar-refractivity contribution in [1.82, 2.24) is 10.6 Å². The van der Waals surface area contributed by atoms with Gasteiger partial charge in [0, 0.05) is 19.3 Å². The van der Waals surface area contributed by atoms with Gasteiger partial charge < -0.3 is 15.4 Å². The van der Waals surface area contributed by atoms with E-state index >= 15 is 0 Å². The molecule has 0 atom stereocenters. The van der Waals surface area contributed by atoms with Gasteiger partial charge in [-0.15, -0.1) is 0 Å². The van der Waals surface area contributed by atoms with E-state index in [0.29, 0.717) is 13.1 Å². The lowest BCUT2D eigenvalue weighted by molar-refractivity contribution is -0.117. The molecule has 5 nitrogen and oxygen atoms in total. The predicted octanol–water partition coefficient (Wildman–Crippen LogP) is 2.82. The highest BCUT2D eigenvalue weighted by atomic mass is 16.5. The van der Waals surface area contributed by atoms with Crippen LogP contribution in [0.5, 0.6) is 5.75 Å². The highest BCUT2D eigenvalue weighted by molar-refractivity contribution is 5.97. The molecule has 5 heteroatoms. The summed E-state index contributed by atoms with van der Waals surface area (Å²) in [5.41, 5.74) is 3.25. The quantitative estimate of drug-likeness (QED) is 0.603. The van der Waals surface area contributed by atoms with E-state index in [1.165, 1.54) is 6.20 Å². The van der Waals surface area contributed by atoms with Gasteiger partial charge in [0.05, 0.1) is 7.11 Å². The largest absolute Gasteiger partial charge is 0.497 e. The Kier molecular flexibility index (Phi) is 6.61. The maximum absolute atomic E-state index is 12.1. The summed E-state index contributed by atoms with van der Waals surface area (Å²) in [5.74, 6) is 0.351. The number of nitrogens with zero attached hydrogens (tertiary/aromatic N) is 1. The molecule has 2 N–H and O–H groups in total. The molecule has 2 aromatic rings. The first-order valence-electron chi connectivity index (χ1n) is 7.93. The smallest absolute Gasteiger partial charge is 0.263 e. The number of amides is 1. The van der Waals surface area contributed by atoms with Crippen LogP contribution in [0.1, 0.15) is 16.7 Å². The summed E-state index contributed by atoms with van der Waals surface area (Å²) in [6.07, 6.45) is 1.45. The van der Waals surface area contributed by atoms with Crippen molar-refractivity contribution in [3.8, 4) is 11.8 Å². The van der Waals surface area contributed by atoms with E-state index in [4.69, 9.17) is 4.74 Å². The van der Waals surface area contributed by atoms with Crippen molar-refractivity contribution < 1.29 is 9.53 Å².